The third kappa shape index (κ3) is 3.70. The summed E-state index contributed by atoms with van der Waals surface area (Å²) in [5.74, 6) is -0.145. The SMILES string of the molecule is Cc1cc(C)c(-c2ccc(CNC(C)C)cc2F)c(C)c1. The highest BCUT2D eigenvalue weighted by atomic mass is 19.1. The van der Waals surface area contributed by atoms with Crippen LogP contribution >= 0.6 is 0 Å². The fourth-order valence-electron chi connectivity index (χ4n) is 2.80. The summed E-state index contributed by atoms with van der Waals surface area (Å²) in [5, 5.41) is 3.31. The molecule has 0 fully saturated rings. The molecule has 21 heavy (non-hydrogen) atoms. The van der Waals surface area contributed by atoms with Gasteiger partial charge in [0.1, 0.15) is 5.82 Å². The molecule has 0 saturated carbocycles. The van der Waals surface area contributed by atoms with E-state index in [0.717, 1.165) is 22.3 Å². The first-order valence-electron chi connectivity index (χ1n) is 7.48. The van der Waals surface area contributed by atoms with Gasteiger partial charge in [0.05, 0.1) is 0 Å². The summed E-state index contributed by atoms with van der Waals surface area (Å²) >= 11 is 0. The van der Waals surface area contributed by atoms with Crippen LogP contribution in [-0.2, 0) is 6.54 Å². The third-order valence-electron chi connectivity index (χ3n) is 3.69. The number of halogens is 1. The van der Waals surface area contributed by atoms with Gasteiger partial charge in [0.25, 0.3) is 0 Å². The van der Waals surface area contributed by atoms with Crippen molar-refractivity contribution < 1.29 is 4.39 Å². The zero-order valence-electron chi connectivity index (χ0n) is 13.5. The molecule has 1 nitrogen and oxygen atoms in total. The third-order valence-corrected chi connectivity index (χ3v) is 3.69. The Morgan fingerprint density at radius 2 is 1.62 bits per heavy atom. The van der Waals surface area contributed by atoms with Crippen LogP contribution in [-0.4, -0.2) is 6.04 Å². The molecule has 2 rings (SSSR count). The Labute approximate surface area is 127 Å². The summed E-state index contributed by atoms with van der Waals surface area (Å²) in [5.41, 5.74) is 6.15. The van der Waals surface area contributed by atoms with Gasteiger partial charge in [0, 0.05) is 18.2 Å². The van der Waals surface area contributed by atoms with Gasteiger partial charge in [0.15, 0.2) is 0 Å². The lowest BCUT2D eigenvalue weighted by Gasteiger charge is -2.14. The molecule has 0 amide bonds. The van der Waals surface area contributed by atoms with Crippen molar-refractivity contribution in [2.24, 2.45) is 0 Å². The summed E-state index contributed by atoms with van der Waals surface area (Å²) < 4.78 is 14.5. The standard InChI is InChI=1S/C19H24FN/c1-12(2)21-11-16-6-7-17(18(20)10-16)19-14(4)8-13(3)9-15(19)5/h6-10,12,21H,11H2,1-5H3. The molecule has 0 bridgehead atoms. The van der Waals surface area contributed by atoms with E-state index in [1.54, 1.807) is 6.07 Å². The van der Waals surface area contributed by atoms with Gasteiger partial charge in [-0.25, -0.2) is 4.39 Å². The maximum absolute atomic E-state index is 14.5. The lowest BCUT2D eigenvalue weighted by atomic mass is 9.93. The van der Waals surface area contributed by atoms with Crippen LogP contribution in [0.4, 0.5) is 4.39 Å². The number of hydrogen-bond acceptors (Lipinski definition) is 1. The number of benzene rings is 2. The van der Waals surface area contributed by atoms with Crippen LogP contribution in [0.2, 0.25) is 0 Å². The van der Waals surface area contributed by atoms with Gasteiger partial charge >= 0.3 is 0 Å². The minimum absolute atomic E-state index is 0.145. The van der Waals surface area contributed by atoms with Crippen LogP contribution in [0.5, 0.6) is 0 Å². The van der Waals surface area contributed by atoms with Gasteiger partial charge in [0.2, 0.25) is 0 Å². The first-order chi connectivity index (χ1) is 9.88. The first-order valence-corrected chi connectivity index (χ1v) is 7.48. The molecule has 2 aromatic carbocycles. The van der Waals surface area contributed by atoms with Crippen molar-refractivity contribution in [2.45, 2.75) is 47.2 Å². The lowest BCUT2D eigenvalue weighted by molar-refractivity contribution is 0.582. The second-order valence-corrected chi connectivity index (χ2v) is 6.12. The molecule has 0 aliphatic heterocycles. The van der Waals surface area contributed by atoms with Crippen LogP contribution in [0.3, 0.4) is 0 Å². The Hall–Kier alpha value is -1.67. The Morgan fingerprint density at radius 3 is 2.14 bits per heavy atom. The van der Waals surface area contributed by atoms with Crippen molar-refractivity contribution >= 4 is 0 Å². The average Bonchev–Trinajstić information content (AvgIpc) is 2.37. The number of rotatable bonds is 4. The van der Waals surface area contributed by atoms with Crippen LogP contribution in [0.1, 0.15) is 36.1 Å². The van der Waals surface area contributed by atoms with Gasteiger partial charge in [-0.2, -0.15) is 0 Å². The zero-order chi connectivity index (χ0) is 15.6. The van der Waals surface area contributed by atoms with Crippen molar-refractivity contribution in [2.75, 3.05) is 0 Å². The summed E-state index contributed by atoms with van der Waals surface area (Å²) in [6.45, 7) is 11.0. The molecule has 0 aliphatic rings. The van der Waals surface area contributed by atoms with Crippen molar-refractivity contribution in [1.82, 2.24) is 5.32 Å². The van der Waals surface area contributed by atoms with Crippen molar-refractivity contribution in [3.63, 3.8) is 0 Å². The fraction of sp³-hybridized carbons (Fsp3) is 0.368. The minimum Gasteiger partial charge on any atom is -0.310 e. The fourth-order valence-corrected chi connectivity index (χ4v) is 2.80. The molecule has 2 heteroatoms. The molecule has 2 aromatic rings. The van der Waals surface area contributed by atoms with Gasteiger partial charge in [-0.15, -0.1) is 0 Å². The zero-order valence-corrected chi connectivity index (χ0v) is 13.5. The maximum Gasteiger partial charge on any atom is 0.131 e. The minimum atomic E-state index is -0.145. The van der Waals surface area contributed by atoms with Gasteiger partial charge in [-0.3, -0.25) is 0 Å². The Kier molecular flexibility index (Phi) is 4.79. The molecule has 0 aromatic heterocycles. The molecule has 0 saturated heterocycles. The molecule has 0 heterocycles. The Morgan fingerprint density at radius 1 is 1.00 bits per heavy atom. The smallest absolute Gasteiger partial charge is 0.131 e. The number of hydrogen-bond donors (Lipinski definition) is 1. The monoisotopic (exact) mass is 285 g/mol. The Balaban J connectivity index is 2.38. The molecule has 0 spiro atoms. The molecule has 0 unspecified atom stereocenters. The van der Waals surface area contributed by atoms with Gasteiger partial charge < -0.3 is 5.32 Å². The van der Waals surface area contributed by atoms with E-state index in [1.165, 1.54) is 5.56 Å². The largest absolute Gasteiger partial charge is 0.310 e. The van der Waals surface area contributed by atoms with E-state index < -0.39 is 0 Å². The quantitative estimate of drug-likeness (QED) is 0.841. The van der Waals surface area contributed by atoms with Crippen LogP contribution in [0.25, 0.3) is 11.1 Å². The highest BCUT2D eigenvalue weighted by Gasteiger charge is 2.12. The second kappa shape index (κ2) is 6.40. The van der Waals surface area contributed by atoms with E-state index in [9.17, 15) is 4.39 Å². The molecule has 112 valence electrons. The van der Waals surface area contributed by atoms with Crippen molar-refractivity contribution in [3.05, 3.63) is 58.4 Å². The Bertz CT molecular complexity index is 621. The van der Waals surface area contributed by atoms with Crippen molar-refractivity contribution in [3.8, 4) is 11.1 Å². The molecule has 0 aliphatic carbocycles. The highest BCUT2D eigenvalue weighted by Crippen LogP contribution is 2.30. The van der Waals surface area contributed by atoms with Gasteiger partial charge in [-0.05, 0) is 49.1 Å². The first kappa shape index (κ1) is 15.7. The normalized spacial score (nSPS) is 11.2. The summed E-state index contributed by atoms with van der Waals surface area (Å²) in [4.78, 5) is 0. The summed E-state index contributed by atoms with van der Waals surface area (Å²) in [7, 11) is 0. The second-order valence-electron chi connectivity index (χ2n) is 6.12. The molecule has 0 radical (unpaired) electrons. The maximum atomic E-state index is 14.5. The molecular formula is C19H24FN. The van der Waals surface area contributed by atoms with E-state index >= 15 is 0 Å². The van der Waals surface area contributed by atoms with Crippen LogP contribution < -0.4 is 5.32 Å². The molecule has 0 atom stereocenters. The van der Waals surface area contributed by atoms with E-state index in [4.69, 9.17) is 0 Å². The highest BCUT2D eigenvalue weighted by molar-refractivity contribution is 5.72. The summed E-state index contributed by atoms with van der Waals surface area (Å²) in [6, 6.07) is 10.2. The average molecular weight is 285 g/mol. The van der Waals surface area contributed by atoms with Crippen LogP contribution in [0.15, 0.2) is 30.3 Å². The topological polar surface area (TPSA) is 12.0 Å². The number of aryl methyl sites for hydroxylation is 3. The number of nitrogens with one attached hydrogen (secondary N) is 1. The van der Waals surface area contributed by atoms with Crippen LogP contribution in [0, 0.1) is 26.6 Å². The van der Waals surface area contributed by atoms with E-state index in [1.807, 2.05) is 26.0 Å². The van der Waals surface area contributed by atoms with Crippen molar-refractivity contribution in [1.29, 1.82) is 0 Å². The summed E-state index contributed by atoms with van der Waals surface area (Å²) in [6.07, 6.45) is 0. The predicted molar refractivity (Wildman–Crippen MR) is 88.0 cm³/mol. The van der Waals surface area contributed by atoms with E-state index in [-0.39, 0.29) is 5.82 Å². The lowest BCUT2D eigenvalue weighted by Crippen LogP contribution is -2.21. The molecular weight excluding hydrogens is 261 g/mol. The molecule has 1 N–H and O–H groups in total. The predicted octanol–water partition coefficient (Wildman–Crippen LogP) is 4.92. The van der Waals surface area contributed by atoms with Gasteiger partial charge in [-0.1, -0.05) is 43.7 Å². The van der Waals surface area contributed by atoms with E-state index in [0.29, 0.717) is 18.2 Å². The van der Waals surface area contributed by atoms with E-state index in [2.05, 4.69) is 38.2 Å².